The lowest BCUT2D eigenvalue weighted by Crippen LogP contribution is -2.44. The predicted molar refractivity (Wildman–Crippen MR) is 116 cm³/mol. The number of hydrogen-bond donors (Lipinski definition) is 2. The molecule has 2 atom stereocenters. The van der Waals surface area contributed by atoms with E-state index in [-0.39, 0.29) is 17.5 Å². The highest BCUT2D eigenvalue weighted by molar-refractivity contribution is 5.84. The van der Waals surface area contributed by atoms with Gasteiger partial charge in [-0.25, -0.2) is 9.97 Å². The molecule has 2 aromatic heterocycles. The Morgan fingerprint density at radius 2 is 2.10 bits per heavy atom. The van der Waals surface area contributed by atoms with Crippen LogP contribution in [0.15, 0.2) is 30.5 Å². The number of nitrogens with one attached hydrogen (secondary N) is 1. The second-order valence-electron chi connectivity index (χ2n) is 8.59. The van der Waals surface area contributed by atoms with Gasteiger partial charge in [0.1, 0.15) is 11.9 Å². The first-order valence-electron chi connectivity index (χ1n) is 10.4. The van der Waals surface area contributed by atoms with E-state index >= 15 is 0 Å². The highest BCUT2D eigenvalue weighted by atomic mass is 15.3. The molecule has 3 N–H and O–H groups in total. The van der Waals surface area contributed by atoms with E-state index in [1.165, 1.54) is 11.1 Å². The SMILES string of the molecule is CC(C#N)N(C)c1n[nH]c2nc(N3CCC4(CC3)Cc3ccccc3[C@H]4N)cnc12. The van der Waals surface area contributed by atoms with Gasteiger partial charge < -0.3 is 15.5 Å². The fourth-order valence-electron chi connectivity index (χ4n) is 4.94. The third-order valence-corrected chi connectivity index (χ3v) is 7.02. The summed E-state index contributed by atoms with van der Waals surface area (Å²) in [5, 5.41) is 16.5. The maximum absolute atomic E-state index is 9.17. The lowest BCUT2D eigenvalue weighted by Gasteiger charge is -2.42. The van der Waals surface area contributed by atoms with E-state index in [0.717, 1.165) is 38.2 Å². The molecule has 30 heavy (non-hydrogen) atoms. The quantitative estimate of drug-likeness (QED) is 0.692. The summed E-state index contributed by atoms with van der Waals surface area (Å²) in [6, 6.07) is 10.6. The van der Waals surface area contributed by atoms with Crippen LogP contribution in [0, 0.1) is 16.7 Å². The molecule has 1 saturated heterocycles. The highest BCUT2D eigenvalue weighted by Gasteiger charge is 2.45. The zero-order valence-electron chi connectivity index (χ0n) is 17.3. The van der Waals surface area contributed by atoms with Crippen molar-refractivity contribution in [3.8, 4) is 6.07 Å². The second-order valence-corrected chi connectivity index (χ2v) is 8.59. The maximum atomic E-state index is 9.17. The molecule has 1 aliphatic heterocycles. The van der Waals surface area contributed by atoms with Crippen molar-refractivity contribution in [2.75, 3.05) is 29.9 Å². The van der Waals surface area contributed by atoms with Crippen molar-refractivity contribution >= 4 is 22.8 Å². The van der Waals surface area contributed by atoms with Gasteiger partial charge in [-0.1, -0.05) is 24.3 Å². The van der Waals surface area contributed by atoms with Crippen LogP contribution in [0.5, 0.6) is 0 Å². The van der Waals surface area contributed by atoms with Gasteiger partial charge in [0, 0.05) is 26.2 Å². The molecule has 1 unspecified atom stereocenters. The minimum atomic E-state index is -0.295. The fourth-order valence-corrected chi connectivity index (χ4v) is 4.94. The number of rotatable bonds is 3. The average Bonchev–Trinajstić information content (AvgIpc) is 3.32. The van der Waals surface area contributed by atoms with Crippen molar-refractivity contribution in [2.45, 2.75) is 38.3 Å². The van der Waals surface area contributed by atoms with Crippen molar-refractivity contribution in [1.82, 2.24) is 20.2 Å². The summed E-state index contributed by atoms with van der Waals surface area (Å²) in [5.74, 6) is 1.50. The van der Waals surface area contributed by atoms with Crippen LogP contribution in [0.3, 0.4) is 0 Å². The van der Waals surface area contributed by atoms with Gasteiger partial charge in [-0.05, 0) is 42.7 Å². The summed E-state index contributed by atoms with van der Waals surface area (Å²) in [6.07, 6.45) is 4.96. The van der Waals surface area contributed by atoms with Gasteiger partial charge in [-0.2, -0.15) is 10.4 Å². The first kappa shape index (κ1) is 18.8. The average molecular weight is 403 g/mol. The van der Waals surface area contributed by atoms with Gasteiger partial charge in [0.05, 0.1) is 12.3 Å². The zero-order valence-corrected chi connectivity index (χ0v) is 17.3. The van der Waals surface area contributed by atoms with E-state index in [9.17, 15) is 5.26 Å². The summed E-state index contributed by atoms with van der Waals surface area (Å²) in [5.41, 5.74) is 10.9. The molecule has 0 saturated carbocycles. The number of fused-ring (bicyclic) bond motifs is 2. The summed E-state index contributed by atoms with van der Waals surface area (Å²) < 4.78 is 0. The first-order valence-corrected chi connectivity index (χ1v) is 10.4. The summed E-state index contributed by atoms with van der Waals surface area (Å²) >= 11 is 0. The molecule has 1 aliphatic carbocycles. The lowest BCUT2D eigenvalue weighted by atomic mass is 9.73. The van der Waals surface area contributed by atoms with E-state index in [1.54, 1.807) is 4.90 Å². The van der Waals surface area contributed by atoms with E-state index in [2.05, 4.69) is 50.4 Å². The van der Waals surface area contributed by atoms with Crippen LogP contribution < -0.4 is 15.5 Å². The molecule has 0 bridgehead atoms. The number of hydrogen-bond acceptors (Lipinski definition) is 7. The molecule has 1 fully saturated rings. The fraction of sp³-hybridized carbons (Fsp3) is 0.455. The number of nitriles is 1. The molecule has 154 valence electrons. The van der Waals surface area contributed by atoms with Crippen LogP contribution >= 0.6 is 0 Å². The third kappa shape index (κ3) is 2.81. The number of benzene rings is 1. The highest BCUT2D eigenvalue weighted by Crippen LogP contribution is 2.50. The Morgan fingerprint density at radius 1 is 1.33 bits per heavy atom. The third-order valence-electron chi connectivity index (χ3n) is 7.02. The van der Waals surface area contributed by atoms with Crippen molar-refractivity contribution in [2.24, 2.45) is 11.1 Å². The topological polar surface area (TPSA) is 111 Å². The molecule has 1 aromatic carbocycles. The zero-order chi connectivity index (χ0) is 20.9. The van der Waals surface area contributed by atoms with Gasteiger partial charge >= 0.3 is 0 Å². The van der Waals surface area contributed by atoms with Crippen molar-refractivity contribution in [1.29, 1.82) is 5.26 Å². The number of aromatic amines is 1. The van der Waals surface area contributed by atoms with Crippen molar-refractivity contribution in [3.05, 3.63) is 41.6 Å². The monoisotopic (exact) mass is 402 g/mol. The van der Waals surface area contributed by atoms with Crippen LogP contribution in [-0.2, 0) is 6.42 Å². The molecule has 0 amide bonds. The Kier molecular flexibility index (Phi) is 4.36. The van der Waals surface area contributed by atoms with E-state index in [4.69, 9.17) is 10.7 Å². The van der Waals surface area contributed by atoms with E-state index in [0.29, 0.717) is 17.0 Å². The number of nitrogens with two attached hydrogens (primary N) is 1. The van der Waals surface area contributed by atoms with Crippen LogP contribution in [0.2, 0.25) is 0 Å². The molecule has 8 heteroatoms. The molecule has 2 aliphatic rings. The molecule has 8 nitrogen and oxygen atoms in total. The predicted octanol–water partition coefficient (Wildman–Crippen LogP) is 2.54. The maximum Gasteiger partial charge on any atom is 0.179 e. The van der Waals surface area contributed by atoms with Gasteiger partial charge in [-0.15, -0.1) is 0 Å². The number of anilines is 2. The van der Waals surface area contributed by atoms with Gasteiger partial charge in [0.25, 0.3) is 0 Å². The standard InChI is InChI=1S/C22H26N8/c1-14(12-23)29(2)21-18-20(27-28-21)26-17(13-25-18)30-9-7-22(8-10-30)11-15-5-3-4-6-16(15)19(22)24/h3-6,13-14,19H,7-11,24H2,1-2H3,(H,26,27,28)/t14?,19-/m1/s1. The molecule has 3 heterocycles. The Labute approximate surface area is 175 Å². The molecule has 1 spiro atoms. The smallest absolute Gasteiger partial charge is 0.179 e. The van der Waals surface area contributed by atoms with Crippen LogP contribution in [0.25, 0.3) is 11.2 Å². The Bertz CT molecular complexity index is 1120. The van der Waals surface area contributed by atoms with Crippen LogP contribution in [0.1, 0.15) is 36.9 Å². The van der Waals surface area contributed by atoms with E-state index < -0.39 is 0 Å². The summed E-state index contributed by atoms with van der Waals surface area (Å²) in [7, 11) is 1.84. The molecule has 5 rings (SSSR count). The normalized spacial score (nSPS) is 20.9. The number of aromatic nitrogens is 4. The van der Waals surface area contributed by atoms with Crippen LogP contribution in [-0.4, -0.2) is 46.3 Å². The van der Waals surface area contributed by atoms with Gasteiger partial charge in [0.15, 0.2) is 17.0 Å². The summed E-state index contributed by atoms with van der Waals surface area (Å²) in [6.45, 7) is 3.65. The largest absolute Gasteiger partial charge is 0.355 e. The lowest BCUT2D eigenvalue weighted by molar-refractivity contribution is 0.187. The Morgan fingerprint density at radius 3 is 2.83 bits per heavy atom. The number of piperidine rings is 1. The van der Waals surface area contributed by atoms with Gasteiger partial charge in [-0.3, -0.25) is 5.10 Å². The van der Waals surface area contributed by atoms with E-state index in [1.807, 2.05) is 20.2 Å². The Balaban J connectivity index is 1.34. The van der Waals surface area contributed by atoms with Crippen molar-refractivity contribution in [3.63, 3.8) is 0 Å². The van der Waals surface area contributed by atoms with Crippen molar-refractivity contribution < 1.29 is 0 Å². The molecular weight excluding hydrogens is 376 g/mol. The first-order chi connectivity index (χ1) is 14.5. The minimum absolute atomic E-state index is 0.109. The molecule has 0 radical (unpaired) electrons. The molecule has 3 aromatic rings. The summed E-state index contributed by atoms with van der Waals surface area (Å²) in [4.78, 5) is 13.5. The number of nitrogens with zero attached hydrogens (tertiary/aromatic N) is 6. The molecular formula is C22H26N8. The number of H-pyrrole nitrogens is 1. The van der Waals surface area contributed by atoms with Crippen LogP contribution in [0.4, 0.5) is 11.6 Å². The minimum Gasteiger partial charge on any atom is -0.355 e. The van der Waals surface area contributed by atoms with Gasteiger partial charge in [0.2, 0.25) is 0 Å². The Hall–Kier alpha value is -3.18. The second kappa shape index (κ2) is 6.96.